The molecule has 2 aromatic carbocycles. The second-order valence-electron chi connectivity index (χ2n) is 12.1. The van der Waals surface area contributed by atoms with Gasteiger partial charge in [-0.1, -0.05) is 52.8 Å². The summed E-state index contributed by atoms with van der Waals surface area (Å²) in [6.07, 6.45) is 4.16. The summed E-state index contributed by atoms with van der Waals surface area (Å²) >= 11 is 0. The molecule has 0 aromatic heterocycles. The molecule has 2 heterocycles. The molecule has 6 rings (SSSR count). The summed E-state index contributed by atoms with van der Waals surface area (Å²) < 4.78 is 0. The predicted molar refractivity (Wildman–Crippen MR) is 138 cm³/mol. The minimum Gasteiger partial charge on any atom is -0.298 e. The maximum Gasteiger partial charge on any atom is 0.0243 e. The highest BCUT2D eigenvalue weighted by atomic mass is 15.1. The molecule has 0 N–H and O–H groups in total. The van der Waals surface area contributed by atoms with Gasteiger partial charge in [0.05, 0.1) is 0 Å². The molecule has 2 nitrogen and oxygen atoms in total. The van der Waals surface area contributed by atoms with Crippen LogP contribution in [0.25, 0.3) is 0 Å². The summed E-state index contributed by atoms with van der Waals surface area (Å²) in [5, 5.41) is 0. The van der Waals surface area contributed by atoms with Crippen molar-refractivity contribution in [1.29, 1.82) is 0 Å². The van der Waals surface area contributed by atoms with Crippen molar-refractivity contribution in [3.8, 4) is 0 Å². The Kier molecular flexibility index (Phi) is 5.27. The zero-order valence-electron chi connectivity index (χ0n) is 21.7. The molecule has 0 amide bonds. The predicted octanol–water partition coefficient (Wildman–Crippen LogP) is 7.36. The largest absolute Gasteiger partial charge is 0.298 e. The lowest BCUT2D eigenvalue weighted by Crippen LogP contribution is -2.15. The molecule has 0 saturated heterocycles. The van der Waals surface area contributed by atoms with E-state index >= 15 is 0 Å². The molecule has 4 aliphatic rings. The number of nitrogens with zero attached hydrogens (tertiary/aromatic N) is 2. The monoisotopic (exact) mass is 442 g/mol. The van der Waals surface area contributed by atoms with Crippen LogP contribution in [0.15, 0.2) is 18.2 Å². The van der Waals surface area contributed by atoms with Crippen LogP contribution < -0.4 is 0 Å². The van der Waals surface area contributed by atoms with E-state index in [0.29, 0.717) is 11.8 Å². The summed E-state index contributed by atoms with van der Waals surface area (Å²) in [5.41, 5.74) is 15.2. The van der Waals surface area contributed by atoms with Gasteiger partial charge in [0.25, 0.3) is 0 Å². The van der Waals surface area contributed by atoms with Crippen LogP contribution in [-0.4, -0.2) is 23.4 Å². The van der Waals surface area contributed by atoms with E-state index in [4.69, 9.17) is 0 Å². The van der Waals surface area contributed by atoms with Gasteiger partial charge in [-0.15, -0.1) is 0 Å². The first-order valence-corrected chi connectivity index (χ1v) is 13.6. The molecule has 33 heavy (non-hydrogen) atoms. The first-order valence-electron chi connectivity index (χ1n) is 13.6. The van der Waals surface area contributed by atoms with Crippen LogP contribution in [0.1, 0.15) is 134 Å². The molecular weight excluding hydrogens is 400 g/mol. The Hall–Kier alpha value is -1.64. The van der Waals surface area contributed by atoms with E-state index in [-0.39, 0.29) is 0 Å². The van der Waals surface area contributed by atoms with E-state index in [2.05, 4.69) is 69.7 Å². The summed E-state index contributed by atoms with van der Waals surface area (Å²) in [4.78, 5) is 5.14. The van der Waals surface area contributed by atoms with E-state index < -0.39 is 0 Å². The summed E-state index contributed by atoms with van der Waals surface area (Å²) in [7, 11) is 2.28. The van der Waals surface area contributed by atoms with Crippen molar-refractivity contribution >= 4 is 0 Å². The highest BCUT2D eigenvalue weighted by Crippen LogP contribution is 2.61. The molecule has 0 bridgehead atoms. The zero-order chi connectivity index (χ0) is 23.0. The lowest BCUT2D eigenvalue weighted by molar-refractivity contribution is 0.300. The van der Waals surface area contributed by atoms with Gasteiger partial charge in [0.1, 0.15) is 0 Å². The molecule has 2 atom stereocenters. The summed E-state index contributed by atoms with van der Waals surface area (Å²) in [6.45, 7) is 17.8. The second-order valence-corrected chi connectivity index (χ2v) is 12.1. The Bertz CT molecular complexity index is 1090. The van der Waals surface area contributed by atoms with Crippen LogP contribution in [0.4, 0.5) is 0 Å². The van der Waals surface area contributed by atoms with E-state index in [1.54, 1.807) is 50.1 Å². The topological polar surface area (TPSA) is 6.48 Å². The van der Waals surface area contributed by atoms with Crippen molar-refractivity contribution in [3.63, 3.8) is 0 Å². The van der Waals surface area contributed by atoms with Crippen molar-refractivity contribution < 1.29 is 0 Å². The normalized spacial score (nSPS) is 24.7. The lowest BCUT2D eigenvalue weighted by atomic mass is 9.81. The molecular formula is C31H42N2. The Morgan fingerprint density at radius 3 is 2.27 bits per heavy atom. The number of rotatable bonds is 6. The fourth-order valence-corrected chi connectivity index (χ4v) is 7.18. The third-order valence-corrected chi connectivity index (χ3v) is 8.97. The molecule has 2 unspecified atom stereocenters. The molecule has 176 valence electrons. The zero-order valence-corrected chi connectivity index (χ0v) is 21.7. The molecule has 0 radical (unpaired) electrons. The molecule has 2 aliphatic heterocycles. The number of hydrogen-bond acceptors (Lipinski definition) is 2. The van der Waals surface area contributed by atoms with Crippen molar-refractivity contribution in [2.75, 3.05) is 13.6 Å². The van der Waals surface area contributed by atoms with Gasteiger partial charge in [0.2, 0.25) is 0 Å². The minimum absolute atomic E-state index is 0.599. The fourth-order valence-electron chi connectivity index (χ4n) is 7.18. The number of fused-ring (bicyclic) bond motifs is 2. The Labute approximate surface area is 201 Å². The van der Waals surface area contributed by atoms with E-state index in [0.717, 1.165) is 37.4 Å². The van der Waals surface area contributed by atoms with Crippen molar-refractivity contribution in [2.45, 2.75) is 110 Å². The highest BCUT2D eigenvalue weighted by Gasteiger charge is 2.46. The summed E-state index contributed by atoms with van der Waals surface area (Å²) in [5.74, 6) is 3.49. The average molecular weight is 443 g/mol. The SMILES string of the molecule is CCN1Cc2cc(C3CC3c3c(C(C)C)ccc4c3CN(C)C4)c(C(C)C)c(C3CC3)c2C1. The first-order chi connectivity index (χ1) is 15.9. The van der Waals surface area contributed by atoms with Gasteiger partial charge >= 0.3 is 0 Å². The maximum absolute atomic E-state index is 2.68. The van der Waals surface area contributed by atoms with Gasteiger partial charge < -0.3 is 0 Å². The fraction of sp³-hybridized carbons (Fsp3) is 0.613. The molecule has 2 aliphatic carbocycles. The molecule has 2 aromatic rings. The van der Waals surface area contributed by atoms with E-state index in [1.165, 1.54) is 32.4 Å². The molecule has 2 saturated carbocycles. The standard InChI is InChI=1S/C31H42N2/c1-7-33-15-22-12-25(29(19(4)5)30(20-8-9-20)28(22)17-33)24-13-26(24)31-23(18(2)3)11-10-21-14-32(6)16-27(21)31/h10-12,18-20,24,26H,7-9,13-17H2,1-6H3. The molecule has 0 spiro atoms. The third kappa shape index (κ3) is 3.60. The highest BCUT2D eigenvalue weighted by molar-refractivity contribution is 5.57. The maximum atomic E-state index is 2.68. The third-order valence-electron chi connectivity index (χ3n) is 8.97. The minimum atomic E-state index is 0.599. The Morgan fingerprint density at radius 1 is 0.848 bits per heavy atom. The first kappa shape index (κ1) is 21.9. The van der Waals surface area contributed by atoms with Gasteiger partial charge in [-0.2, -0.15) is 0 Å². The van der Waals surface area contributed by atoms with Crippen molar-refractivity contribution in [1.82, 2.24) is 9.80 Å². The van der Waals surface area contributed by atoms with Gasteiger partial charge in [0.15, 0.2) is 0 Å². The van der Waals surface area contributed by atoms with Crippen LogP contribution in [0.5, 0.6) is 0 Å². The van der Waals surface area contributed by atoms with Crippen molar-refractivity contribution in [3.05, 3.63) is 68.3 Å². The van der Waals surface area contributed by atoms with Crippen LogP contribution in [-0.2, 0) is 26.2 Å². The van der Waals surface area contributed by atoms with E-state index in [1.807, 2.05) is 0 Å². The van der Waals surface area contributed by atoms with Gasteiger partial charge in [-0.05, 0) is 113 Å². The van der Waals surface area contributed by atoms with Crippen molar-refractivity contribution in [2.24, 2.45) is 0 Å². The van der Waals surface area contributed by atoms with Gasteiger partial charge in [-0.25, -0.2) is 0 Å². The van der Waals surface area contributed by atoms with Crippen LogP contribution in [0.3, 0.4) is 0 Å². The quantitative estimate of drug-likeness (QED) is 0.461. The number of hydrogen-bond donors (Lipinski definition) is 0. The number of benzene rings is 2. The summed E-state index contributed by atoms with van der Waals surface area (Å²) in [6, 6.07) is 7.57. The Morgan fingerprint density at radius 2 is 1.61 bits per heavy atom. The smallest absolute Gasteiger partial charge is 0.0243 e. The van der Waals surface area contributed by atoms with Crippen LogP contribution in [0.2, 0.25) is 0 Å². The average Bonchev–Trinajstić information content (AvgIpc) is 3.68. The van der Waals surface area contributed by atoms with Crippen LogP contribution >= 0.6 is 0 Å². The molecule has 2 fully saturated rings. The van der Waals surface area contributed by atoms with Gasteiger partial charge in [-0.3, -0.25) is 9.80 Å². The Balaban J connectivity index is 1.45. The second kappa shape index (κ2) is 7.95. The van der Waals surface area contributed by atoms with E-state index in [9.17, 15) is 0 Å². The van der Waals surface area contributed by atoms with Crippen LogP contribution in [0, 0.1) is 0 Å². The van der Waals surface area contributed by atoms with Gasteiger partial charge in [0, 0.05) is 26.2 Å². The lowest BCUT2D eigenvalue weighted by Gasteiger charge is -2.23. The molecule has 2 heteroatoms.